The molecule has 0 amide bonds. The van der Waals surface area contributed by atoms with Crippen LogP contribution < -0.4 is 5.56 Å². The molecule has 1 heterocycles. The Labute approximate surface area is 97.0 Å². The van der Waals surface area contributed by atoms with Crippen LogP contribution in [-0.2, 0) is 6.54 Å². The molecule has 86 valence electrons. The summed E-state index contributed by atoms with van der Waals surface area (Å²) in [7, 11) is 0. The first-order chi connectivity index (χ1) is 8.16. The molecule has 0 unspecified atom stereocenters. The summed E-state index contributed by atoms with van der Waals surface area (Å²) < 4.78 is 1.32. The number of nitrogens with zero attached hydrogens (tertiary/aromatic N) is 2. The number of rotatable bonds is 3. The molecule has 0 saturated carbocycles. The summed E-state index contributed by atoms with van der Waals surface area (Å²) in [6, 6.07) is 9.36. The third-order valence-corrected chi connectivity index (χ3v) is 2.32. The number of aromatic carboxylic acids is 1. The molecule has 0 atom stereocenters. The molecular formula is C12H10N2O3. The largest absolute Gasteiger partial charge is 0.478 e. The Hall–Kier alpha value is -2.43. The van der Waals surface area contributed by atoms with Gasteiger partial charge in [0.1, 0.15) is 0 Å². The Kier molecular flexibility index (Phi) is 3.00. The van der Waals surface area contributed by atoms with Crippen molar-refractivity contribution in [2.75, 3.05) is 0 Å². The van der Waals surface area contributed by atoms with E-state index in [0.29, 0.717) is 6.54 Å². The summed E-state index contributed by atoms with van der Waals surface area (Å²) in [6.45, 7) is 0.333. The van der Waals surface area contributed by atoms with Gasteiger partial charge in [-0.2, -0.15) is 5.10 Å². The van der Waals surface area contributed by atoms with Crippen LogP contribution in [0, 0.1) is 0 Å². The van der Waals surface area contributed by atoms with Crippen LogP contribution in [-0.4, -0.2) is 20.9 Å². The summed E-state index contributed by atoms with van der Waals surface area (Å²) in [6.07, 6.45) is 1.53. The zero-order valence-electron chi connectivity index (χ0n) is 8.91. The molecule has 5 heteroatoms. The van der Waals surface area contributed by atoms with E-state index in [1.165, 1.54) is 29.1 Å². The normalized spacial score (nSPS) is 10.1. The molecule has 1 N–H and O–H groups in total. The third-order valence-electron chi connectivity index (χ3n) is 2.32. The lowest BCUT2D eigenvalue weighted by Crippen LogP contribution is -2.21. The Morgan fingerprint density at radius 1 is 1.24 bits per heavy atom. The summed E-state index contributed by atoms with van der Waals surface area (Å²) in [5.74, 6) is -0.966. The maximum absolute atomic E-state index is 11.4. The van der Waals surface area contributed by atoms with Crippen molar-refractivity contribution in [3.05, 3.63) is 64.1 Å². The first-order valence-corrected chi connectivity index (χ1v) is 5.01. The van der Waals surface area contributed by atoms with Crippen molar-refractivity contribution in [3.8, 4) is 0 Å². The minimum atomic E-state index is -0.966. The van der Waals surface area contributed by atoms with Gasteiger partial charge in [-0.3, -0.25) is 4.79 Å². The van der Waals surface area contributed by atoms with Gasteiger partial charge in [0, 0.05) is 12.3 Å². The number of carboxylic acid groups (broad SMARTS) is 1. The molecular weight excluding hydrogens is 220 g/mol. The van der Waals surface area contributed by atoms with Gasteiger partial charge in [-0.1, -0.05) is 12.1 Å². The fourth-order valence-electron chi connectivity index (χ4n) is 1.43. The molecule has 0 spiro atoms. The molecule has 2 aromatic rings. The Balaban J connectivity index is 2.23. The highest BCUT2D eigenvalue weighted by Crippen LogP contribution is 2.05. The number of carboxylic acids is 1. The molecule has 0 saturated heterocycles. The van der Waals surface area contributed by atoms with Gasteiger partial charge in [0.15, 0.2) is 0 Å². The minimum absolute atomic E-state index is 0.185. The van der Waals surface area contributed by atoms with Gasteiger partial charge >= 0.3 is 5.97 Å². The van der Waals surface area contributed by atoms with E-state index < -0.39 is 5.97 Å². The van der Waals surface area contributed by atoms with E-state index in [1.54, 1.807) is 18.2 Å². The molecule has 1 aromatic heterocycles. The fourth-order valence-corrected chi connectivity index (χ4v) is 1.43. The van der Waals surface area contributed by atoms with E-state index >= 15 is 0 Å². The summed E-state index contributed by atoms with van der Waals surface area (Å²) >= 11 is 0. The lowest BCUT2D eigenvalue weighted by molar-refractivity contribution is 0.0697. The maximum Gasteiger partial charge on any atom is 0.335 e. The summed E-state index contributed by atoms with van der Waals surface area (Å²) in [4.78, 5) is 22.1. The van der Waals surface area contributed by atoms with Crippen LogP contribution >= 0.6 is 0 Å². The Morgan fingerprint density at radius 3 is 2.53 bits per heavy atom. The topological polar surface area (TPSA) is 72.2 Å². The molecule has 0 fully saturated rings. The van der Waals surface area contributed by atoms with Crippen molar-refractivity contribution in [1.29, 1.82) is 0 Å². The number of benzene rings is 1. The van der Waals surface area contributed by atoms with Crippen molar-refractivity contribution in [1.82, 2.24) is 9.78 Å². The van der Waals surface area contributed by atoms with E-state index in [2.05, 4.69) is 5.10 Å². The molecule has 0 aliphatic rings. The van der Waals surface area contributed by atoms with Crippen molar-refractivity contribution in [2.45, 2.75) is 6.54 Å². The molecule has 5 nitrogen and oxygen atoms in total. The van der Waals surface area contributed by atoms with Gasteiger partial charge in [0.2, 0.25) is 0 Å². The van der Waals surface area contributed by atoms with Crippen LogP contribution in [0.2, 0.25) is 0 Å². The average Bonchev–Trinajstić information content (AvgIpc) is 2.33. The van der Waals surface area contributed by atoms with Crippen LogP contribution in [0.4, 0.5) is 0 Å². The van der Waals surface area contributed by atoms with E-state index in [4.69, 9.17) is 5.11 Å². The third kappa shape index (κ3) is 2.57. The standard InChI is InChI=1S/C12H10N2O3/c15-11-2-1-7-13-14(11)8-9-3-5-10(6-4-9)12(16)17/h1-7H,8H2,(H,16,17). The second kappa shape index (κ2) is 4.61. The van der Waals surface area contributed by atoms with Crippen LogP contribution in [0.3, 0.4) is 0 Å². The second-order valence-corrected chi connectivity index (χ2v) is 3.52. The van der Waals surface area contributed by atoms with Crippen molar-refractivity contribution in [2.24, 2.45) is 0 Å². The highest BCUT2D eigenvalue weighted by Gasteiger charge is 2.02. The summed E-state index contributed by atoms with van der Waals surface area (Å²) in [5, 5.41) is 12.7. The van der Waals surface area contributed by atoms with Gasteiger partial charge < -0.3 is 5.11 Å². The number of aromatic nitrogens is 2. The smallest absolute Gasteiger partial charge is 0.335 e. The monoisotopic (exact) mass is 230 g/mol. The van der Waals surface area contributed by atoms with Crippen molar-refractivity contribution in [3.63, 3.8) is 0 Å². The van der Waals surface area contributed by atoms with Gasteiger partial charge in [-0.05, 0) is 23.8 Å². The minimum Gasteiger partial charge on any atom is -0.478 e. The molecule has 1 aromatic carbocycles. The van der Waals surface area contributed by atoms with Gasteiger partial charge in [-0.25, -0.2) is 9.48 Å². The molecule has 0 aliphatic carbocycles. The number of hydrogen-bond acceptors (Lipinski definition) is 3. The Morgan fingerprint density at radius 2 is 1.94 bits per heavy atom. The van der Waals surface area contributed by atoms with Crippen LogP contribution in [0.15, 0.2) is 47.4 Å². The molecule has 2 rings (SSSR count). The maximum atomic E-state index is 11.4. The molecule has 17 heavy (non-hydrogen) atoms. The SMILES string of the molecule is O=C(O)c1ccc(Cn2ncccc2=O)cc1. The average molecular weight is 230 g/mol. The first kappa shape index (κ1) is 11.1. The zero-order valence-corrected chi connectivity index (χ0v) is 8.91. The molecule has 0 radical (unpaired) electrons. The van der Waals surface area contributed by atoms with Crippen LogP contribution in [0.5, 0.6) is 0 Å². The van der Waals surface area contributed by atoms with Crippen molar-refractivity contribution < 1.29 is 9.90 Å². The zero-order chi connectivity index (χ0) is 12.3. The summed E-state index contributed by atoms with van der Waals surface area (Å²) in [5.41, 5.74) is 0.868. The fraction of sp³-hybridized carbons (Fsp3) is 0.0833. The Bertz CT molecular complexity index is 587. The predicted molar refractivity (Wildman–Crippen MR) is 61.0 cm³/mol. The number of carbonyl (C=O) groups is 1. The van der Waals surface area contributed by atoms with Crippen LogP contribution in [0.25, 0.3) is 0 Å². The van der Waals surface area contributed by atoms with E-state index in [1.807, 2.05) is 0 Å². The van der Waals surface area contributed by atoms with E-state index in [-0.39, 0.29) is 11.1 Å². The lowest BCUT2D eigenvalue weighted by Gasteiger charge is -2.03. The van der Waals surface area contributed by atoms with Gasteiger partial charge in [-0.15, -0.1) is 0 Å². The first-order valence-electron chi connectivity index (χ1n) is 5.01. The second-order valence-electron chi connectivity index (χ2n) is 3.52. The molecule has 0 aliphatic heterocycles. The molecule has 0 bridgehead atoms. The number of hydrogen-bond donors (Lipinski definition) is 1. The lowest BCUT2D eigenvalue weighted by atomic mass is 10.1. The highest BCUT2D eigenvalue weighted by molar-refractivity contribution is 5.87. The quantitative estimate of drug-likeness (QED) is 0.853. The van der Waals surface area contributed by atoms with Crippen LogP contribution in [0.1, 0.15) is 15.9 Å². The van der Waals surface area contributed by atoms with Gasteiger partial charge in [0.05, 0.1) is 12.1 Å². The van der Waals surface area contributed by atoms with Crippen molar-refractivity contribution >= 4 is 5.97 Å². The van der Waals surface area contributed by atoms with E-state index in [0.717, 1.165) is 5.56 Å². The highest BCUT2D eigenvalue weighted by atomic mass is 16.4. The predicted octanol–water partition coefficient (Wildman–Crippen LogP) is 0.990. The van der Waals surface area contributed by atoms with Gasteiger partial charge in [0.25, 0.3) is 5.56 Å². The van der Waals surface area contributed by atoms with E-state index in [9.17, 15) is 9.59 Å².